The van der Waals surface area contributed by atoms with Gasteiger partial charge in [-0.3, -0.25) is 4.90 Å². The summed E-state index contributed by atoms with van der Waals surface area (Å²) >= 11 is 0. The van der Waals surface area contributed by atoms with Crippen LogP contribution in [0.2, 0.25) is 0 Å². The van der Waals surface area contributed by atoms with Crippen molar-refractivity contribution in [3.05, 3.63) is 17.5 Å². The molecule has 1 fully saturated rings. The average molecular weight is 209 g/mol. The Morgan fingerprint density at radius 1 is 1.60 bits per heavy atom. The molecule has 0 saturated carbocycles. The molecule has 15 heavy (non-hydrogen) atoms. The van der Waals surface area contributed by atoms with Crippen LogP contribution in [0.15, 0.2) is 10.6 Å². The van der Waals surface area contributed by atoms with Crippen LogP contribution in [0.4, 0.5) is 0 Å². The van der Waals surface area contributed by atoms with Crippen molar-refractivity contribution in [2.45, 2.75) is 45.3 Å². The van der Waals surface area contributed by atoms with Crippen LogP contribution in [-0.2, 0) is 0 Å². The number of hydrogen-bond donors (Lipinski definition) is 1. The van der Waals surface area contributed by atoms with Crippen LogP contribution in [0.25, 0.3) is 0 Å². The molecule has 2 atom stereocenters. The minimum Gasteiger partial charge on any atom is -0.361 e. The third-order valence-corrected chi connectivity index (χ3v) is 3.02. The maximum atomic E-state index is 6.00. The van der Waals surface area contributed by atoms with Crippen LogP contribution in [0.3, 0.4) is 0 Å². The van der Waals surface area contributed by atoms with Crippen molar-refractivity contribution < 1.29 is 4.52 Å². The largest absolute Gasteiger partial charge is 0.361 e. The minimum absolute atomic E-state index is 0.259. The molecule has 1 saturated heterocycles. The number of rotatable bonds is 2. The quantitative estimate of drug-likeness (QED) is 0.801. The molecule has 2 N–H and O–H groups in total. The van der Waals surface area contributed by atoms with Crippen molar-refractivity contribution in [2.24, 2.45) is 5.73 Å². The highest BCUT2D eigenvalue weighted by atomic mass is 16.5. The van der Waals surface area contributed by atoms with Crippen molar-refractivity contribution in [3.63, 3.8) is 0 Å². The van der Waals surface area contributed by atoms with Gasteiger partial charge in [0.2, 0.25) is 0 Å². The van der Waals surface area contributed by atoms with Crippen LogP contribution < -0.4 is 5.73 Å². The third kappa shape index (κ3) is 2.06. The zero-order valence-corrected chi connectivity index (χ0v) is 9.60. The van der Waals surface area contributed by atoms with Crippen molar-refractivity contribution in [3.8, 4) is 0 Å². The van der Waals surface area contributed by atoms with Gasteiger partial charge in [0.15, 0.2) is 0 Å². The normalized spacial score (nSPS) is 27.8. The zero-order valence-electron chi connectivity index (χ0n) is 9.60. The van der Waals surface area contributed by atoms with E-state index in [1.54, 1.807) is 0 Å². The Kier molecular flexibility index (Phi) is 2.80. The van der Waals surface area contributed by atoms with E-state index in [9.17, 15) is 0 Å². The van der Waals surface area contributed by atoms with E-state index in [2.05, 4.69) is 23.9 Å². The van der Waals surface area contributed by atoms with Gasteiger partial charge in [0.05, 0.1) is 6.04 Å². The lowest BCUT2D eigenvalue weighted by molar-refractivity contribution is 0.196. The summed E-state index contributed by atoms with van der Waals surface area (Å²) in [6.45, 7) is 7.26. The molecular weight excluding hydrogens is 190 g/mol. The lowest BCUT2D eigenvalue weighted by atomic mass is 10.1. The highest BCUT2D eigenvalue weighted by molar-refractivity contribution is 5.12. The summed E-state index contributed by atoms with van der Waals surface area (Å²) in [6, 6.07) is 3.10. The predicted molar refractivity (Wildman–Crippen MR) is 58.4 cm³/mol. The molecule has 1 aromatic heterocycles. The van der Waals surface area contributed by atoms with Crippen LogP contribution in [0, 0.1) is 6.92 Å². The maximum absolute atomic E-state index is 6.00. The van der Waals surface area contributed by atoms with E-state index in [4.69, 9.17) is 10.3 Å². The molecule has 0 aromatic carbocycles. The van der Waals surface area contributed by atoms with Gasteiger partial charge in [-0.1, -0.05) is 5.16 Å². The molecule has 4 nitrogen and oxygen atoms in total. The monoisotopic (exact) mass is 209 g/mol. The fourth-order valence-corrected chi connectivity index (χ4v) is 2.30. The predicted octanol–water partition coefficient (Wildman–Crippen LogP) is 1.47. The molecule has 0 amide bonds. The van der Waals surface area contributed by atoms with Crippen LogP contribution in [-0.4, -0.2) is 28.7 Å². The Hall–Kier alpha value is -0.870. The fourth-order valence-electron chi connectivity index (χ4n) is 2.30. The summed E-state index contributed by atoms with van der Waals surface area (Å²) in [7, 11) is 0. The van der Waals surface area contributed by atoms with E-state index in [0.717, 1.165) is 24.4 Å². The maximum Gasteiger partial charge on any atom is 0.133 e. The van der Waals surface area contributed by atoms with Gasteiger partial charge in [-0.15, -0.1) is 0 Å². The Balaban J connectivity index is 2.20. The second-order valence-corrected chi connectivity index (χ2v) is 4.66. The highest BCUT2D eigenvalue weighted by Crippen LogP contribution is 2.32. The Bertz CT molecular complexity index is 334. The molecule has 2 unspecified atom stereocenters. The minimum atomic E-state index is 0.259. The Morgan fingerprint density at radius 2 is 2.33 bits per heavy atom. The van der Waals surface area contributed by atoms with Gasteiger partial charge in [-0.2, -0.15) is 0 Å². The number of aryl methyl sites for hydroxylation is 1. The van der Waals surface area contributed by atoms with Crippen molar-refractivity contribution in [2.75, 3.05) is 6.54 Å². The summed E-state index contributed by atoms with van der Waals surface area (Å²) in [5, 5.41) is 4.09. The van der Waals surface area contributed by atoms with Gasteiger partial charge >= 0.3 is 0 Å². The molecule has 0 spiro atoms. The molecule has 0 radical (unpaired) electrons. The second kappa shape index (κ2) is 3.94. The first-order chi connectivity index (χ1) is 7.08. The molecule has 1 aliphatic rings. The number of hydrogen-bond acceptors (Lipinski definition) is 4. The van der Waals surface area contributed by atoms with Crippen LogP contribution in [0.1, 0.15) is 37.8 Å². The Labute approximate surface area is 90.4 Å². The first-order valence-corrected chi connectivity index (χ1v) is 5.52. The molecule has 0 bridgehead atoms. The first-order valence-electron chi connectivity index (χ1n) is 5.52. The van der Waals surface area contributed by atoms with Gasteiger partial charge in [-0.05, 0) is 27.2 Å². The van der Waals surface area contributed by atoms with Gasteiger partial charge in [0, 0.05) is 24.7 Å². The first kappa shape index (κ1) is 10.6. The lowest BCUT2D eigenvalue weighted by Gasteiger charge is -2.26. The van der Waals surface area contributed by atoms with Crippen LogP contribution in [0.5, 0.6) is 0 Å². The standard InChI is InChI=1S/C11H19N3O/c1-7(2)14-6-9(12)5-11(14)10-4-8(3)15-13-10/h4,7,9,11H,5-6,12H2,1-3H3. The molecule has 4 heteroatoms. The molecule has 1 aliphatic heterocycles. The van der Waals surface area contributed by atoms with Crippen molar-refractivity contribution in [1.29, 1.82) is 0 Å². The molecule has 0 aliphatic carbocycles. The van der Waals surface area contributed by atoms with Gasteiger partial charge < -0.3 is 10.3 Å². The highest BCUT2D eigenvalue weighted by Gasteiger charge is 2.34. The summed E-state index contributed by atoms with van der Waals surface area (Å²) < 4.78 is 5.12. The molecular formula is C11H19N3O. The summed E-state index contributed by atoms with van der Waals surface area (Å²) in [5.74, 6) is 0.870. The molecule has 2 heterocycles. The van der Waals surface area contributed by atoms with E-state index >= 15 is 0 Å². The van der Waals surface area contributed by atoms with Gasteiger partial charge in [0.1, 0.15) is 11.5 Å². The van der Waals surface area contributed by atoms with E-state index in [0.29, 0.717) is 12.1 Å². The molecule has 2 rings (SSSR count). The second-order valence-electron chi connectivity index (χ2n) is 4.66. The van der Waals surface area contributed by atoms with Crippen molar-refractivity contribution in [1.82, 2.24) is 10.1 Å². The average Bonchev–Trinajstić information content (AvgIpc) is 2.71. The summed E-state index contributed by atoms with van der Waals surface area (Å²) in [6.07, 6.45) is 0.976. The molecule has 84 valence electrons. The van der Waals surface area contributed by atoms with E-state index in [-0.39, 0.29) is 6.04 Å². The topological polar surface area (TPSA) is 55.3 Å². The summed E-state index contributed by atoms with van der Waals surface area (Å²) in [5.41, 5.74) is 7.02. The van der Waals surface area contributed by atoms with Crippen LogP contribution >= 0.6 is 0 Å². The fraction of sp³-hybridized carbons (Fsp3) is 0.727. The van der Waals surface area contributed by atoms with Gasteiger partial charge in [-0.25, -0.2) is 0 Å². The number of nitrogens with two attached hydrogens (primary N) is 1. The van der Waals surface area contributed by atoms with E-state index in [1.807, 2.05) is 13.0 Å². The van der Waals surface area contributed by atoms with Crippen molar-refractivity contribution >= 4 is 0 Å². The lowest BCUT2D eigenvalue weighted by Crippen LogP contribution is -2.33. The summed E-state index contributed by atoms with van der Waals surface area (Å²) in [4.78, 5) is 2.39. The number of nitrogens with zero attached hydrogens (tertiary/aromatic N) is 2. The number of aromatic nitrogens is 1. The van der Waals surface area contributed by atoms with E-state index in [1.165, 1.54) is 0 Å². The van der Waals surface area contributed by atoms with E-state index < -0.39 is 0 Å². The van der Waals surface area contributed by atoms with Gasteiger partial charge in [0.25, 0.3) is 0 Å². The smallest absolute Gasteiger partial charge is 0.133 e. The zero-order chi connectivity index (χ0) is 11.0. The third-order valence-electron chi connectivity index (χ3n) is 3.02. The molecule has 1 aromatic rings. The Morgan fingerprint density at radius 3 is 2.87 bits per heavy atom. The number of likely N-dealkylation sites (tertiary alicyclic amines) is 1. The SMILES string of the molecule is Cc1cc(C2CC(N)CN2C(C)C)no1.